The number of pyridine rings is 1. The third kappa shape index (κ3) is 2.85. The molecule has 0 bridgehead atoms. The van der Waals surface area contributed by atoms with E-state index >= 15 is 0 Å². The number of aromatic nitrogens is 2. The number of para-hydroxylation sites is 1. The molecule has 4 rings (SSSR count). The number of hydrogen-bond acceptors (Lipinski definition) is 6. The van der Waals surface area contributed by atoms with Crippen molar-refractivity contribution < 1.29 is 19.8 Å². The third-order valence-electron chi connectivity index (χ3n) is 4.69. The van der Waals surface area contributed by atoms with Crippen molar-refractivity contribution in [3.63, 3.8) is 0 Å². The van der Waals surface area contributed by atoms with Crippen molar-refractivity contribution in [2.75, 3.05) is 6.54 Å². The number of hydrogen-bond donors (Lipinski definition) is 3. The molecule has 0 spiro atoms. The number of thiazole rings is 1. The number of carboxylic acids is 1. The van der Waals surface area contributed by atoms with E-state index < -0.39 is 35.3 Å². The number of carbonyl (C=O) groups is 2. The van der Waals surface area contributed by atoms with Crippen LogP contribution < -0.4 is 10.9 Å². The zero-order chi connectivity index (χ0) is 19.1. The minimum absolute atomic E-state index is 0.0350. The van der Waals surface area contributed by atoms with E-state index in [1.165, 1.54) is 15.9 Å². The first-order chi connectivity index (χ1) is 13.0. The Morgan fingerprint density at radius 2 is 2.19 bits per heavy atom. The van der Waals surface area contributed by atoms with Gasteiger partial charge in [-0.1, -0.05) is 12.1 Å². The van der Waals surface area contributed by atoms with Crippen LogP contribution in [0.3, 0.4) is 0 Å². The van der Waals surface area contributed by atoms with Crippen LogP contribution in [0.2, 0.25) is 0 Å². The van der Waals surface area contributed by atoms with Gasteiger partial charge in [-0.3, -0.25) is 19.4 Å². The summed E-state index contributed by atoms with van der Waals surface area (Å²) < 4.78 is 1.49. The second-order valence-corrected chi connectivity index (χ2v) is 7.25. The maximum Gasteiger partial charge on any atom is 0.322 e. The highest BCUT2D eigenvalue weighted by atomic mass is 32.1. The average Bonchev–Trinajstić information content (AvgIpc) is 3.18. The molecular formula is C18H15N3O5S. The molecule has 1 aliphatic rings. The van der Waals surface area contributed by atoms with Crippen molar-refractivity contribution in [1.82, 2.24) is 14.9 Å². The van der Waals surface area contributed by atoms with Gasteiger partial charge < -0.3 is 20.1 Å². The van der Waals surface area contributed by atoms with Crippen LogP contribution in [0.1, 0.15) is 26.7 Å². The van der Waals surface area contributed by atoms with E-state index in [1.807, 2.05) is 6.07 Å². The first-order valence-electron chi connectivity index (χ1n) is 8.23. The van der Waals surface area contributed by atoms with E-state index in [-0.39, 0.29) is 5.92 Å². The lowest BCUT2D eigenvalue weighted by atomic mass is 9.91. The van der Waals surface area contributed by atoms with Gasteiger partial charge in [0.05, 0.1) is 11.0 Å². The average molecular weight is 385 g/mol. The number of nitrogens with one attached hydrogen (secondary N) is 1. The van der Waals surface area contributed by atoms with Crippen molar-refractivity contribution in [1.29, 1.82) is 0 Å². The Bertz CT molecular complexity index is 1120. The van der Waals surface area contributed by atoms with Crippen LogP contribution in [0.4, 0.5) is 0 Å². The highest BCUT2D eigenvalue weighted by molar-refractivity contribution is 7.09. The number of carbonyl (C=O) groups excluding carboxylic acids is 1. The van der Waals surface area contributed by atoms with Crippen LogP contribution in [0, 0.1) is 0 Å². The summed E-state index contributed by atoms with van der Waals surface area (Å²) in [6, 6.07) is 5.31. The van der Waals surface area contributed by atoms with Crippen LogP contribution in [-0.2, 0) is 17.8 Å². The third-order valence-corrected chi connectivity index (χ3v) is 5.63. The highest BCUT2D eigenvalue weighted by Gasteiger charge is 2.29. The molecule has 0 aliphatic carbocycles. The van der Waals surface area contributed by atoms with Gasteiger partial charge in [-0.05, 0) is 18.1 Å². The van der Waals surface area contributed by atoms with E-state index in [2.05, 4.69) is 10.3 Å². The Hall–Kier alpha value is -3.20. The van der Waals surface area contributed by atoms with Crippen molar-refractivity contribution in [2.45, 2.75) is 18.9 Å². The topological polar surface area (TPSA) is 122 Å². The molecule has 0 saturated heterocycles. The largest absolute Gasteiger partial charge is 0.506 e. The molecule has 1 atom stereocenters. The fraction of sp³-hybridized carbons (Fsp3) is 0.222. The van der Waals surface area contributed by atoms with Crippen LogP contribution in [-0.4, -0.2) is 38.2 Å². The molecule has 3 N–H and O–H groups in total. The molecule has 0 fully saturated rings. The lowest BCUT2D eigenvalue weighted by molar-refractivity contribution is -0.135. The summed E-state index contributed by atoms with van der Waals surface area (Å²) in [5.41, 5.74) is 2.17. The summed E-state index contributed by atoms with van der Waals surface area (Å²) in [5, 5.41) is 21.8. The van der Waals surface area contributed by atoms with Gasteiger partial charge >= 0.3 is 5.97 Å². The summed E-state index contributed by atoms with van der Waals surface area (Å²) in [6.45, 7) is -0.284. The zero-order valence-corrected chi connectivity index (χ0v) is 14.8. The molecule has 2 aromatic heterocycles. The van der Waals surface area contributed by atoms with Gasteiger partial charge in [0.2, 0.25) is 0 Å². The fourth-order valence-electron chi connectivity index (χ4n) is 3.53. The van der Waals surface area contributed by atoms with Crippen LogP contribution in [0.5, 0.6) is 5.75 Å². The SMILES string of the molecule is O=C(O)CNC(=O)c1c(O)c2cccc3c2n(c1=O)CC(c1cncs1)C3. The number of benzene rings is 1. The molecular weight excluding hydrogens is 370 g/mol. The highest BCUT2D eigenvalue weighted by Crippen LogP contribution is 2.36. The summed E-state index contributed by atoms with van der Waals surface area (Å²) in [6.07, 6.45) is 2.47. The Kier molecular flexibility index (Phi) is 4.15. The van der Waals surface area contributed by atoms with Gasteiger partial charge in [0.15, 0.2) is 0 Å². The van der Waals surface area contributed by atoms with Gasteiger partial charge in [0.25, 0.3) is 11.5 Å². The molecule has 1 aliphatic heterocycles. The molecule has 3 aromatic rings. The maximum atomic E-state index is 13.0. The Balaban J connectivity index is 1.88. The molecule has 9 heteroatoms. The van der Waals surface area contributed by atoms with Gasteiger partial charge in [-0.25, -0.2) is 0 Å². The smallest absolute Gasteiger partial charge is 0.322 e. The second kappa shape index (κ2) is 6.51. The van der Waals surface area contributed by atoms with Gasteiger partial charge in [0.1, 0.15) is 17.9 Å². The lowest BCUT2D eigenvalue weighted by Crippen LogP contribution is -2.37. The summed E-state index contributed by atoms with van der Waals surface area (Å²) in [7, 11) is 0. The summed E-state index contributed by atoms with van der Waals surface area (Å²) in [4.78, 5) is 41.2. The predicted octanol–water partition coefficient (Wildman–Crippen LogP) is 1.32. The molecule has 0 saturated carbocycles. The minimum atomic E-state index is -1.24. The number of carboxylic acid groups (broad SMARTS) is 1. The molecule has 0 radical (unpaired) electrons. The predicted molar refractivity (Wildman–Crippen MR) is 98.4 cm³/mol. The summed E-state index contributed by atoms with van der Waals surface area (Å²) in [5.74, 6) is -2.53. The molecule has 1 unspecified atom stereocenters. The molecule has 8 nitrogen and oxygen atoms in total. The van der Waals surface area contributed by atoms with Crippen molar-refractivity contribution in [3.8, 4) is 5.75 Å². The number of aromatic hydroxyl groups is 1. The number of amides is 1. The Labute approximate surface area is 156 Å². The molecule has 138 valence electrons. The van der Waals surface area contributed by atoms with Gasteiger partial charge in [-0.15, -0.1) is 11.3 Å². The maximum absolute atomic E-state index is 13.0. The van der Waals surface area contributed by atoms with Crippen molar-refractivity contribution in [2.24, 2.45) is 0 Å². The van der Waals surface area contributed by atoms with Crippen molar-refractivity contribution >= 4 is 34.1 Å². The lowest BCUT2D eigenvalue weighted by Gasteiger charge is -2.27. The van der Waals surface area contributed by atoms with Crippen LogP contribution >= 0.6 is 11.3 Å². The first-order valence-corrected chi connectivity index (χ1v) is 9.11. The molecule has 1 amide bonds. The van der Waals surface area contributed by atoms with E-state index in [4.69, 9.17) is 5.11 Å². The van der Waals surface area contributed by atoms with E-state index in [0.29, 0.717) is 23.9 Å². The first kappa shape index (κ1) is 17.2. The van der Waals surface area contributed by atoms with Gasteiger partial charge in [0, 0.05) is 28.9 Å². The monoisotopic (exact) mass is 385 g/mol. The van der Waals surface area contributed by atoms with E-state index in [1.54, 1.807) is 23.8 Å². The normalized spacial score (nSPS) is 15.6. The van der Waals surface area contributed by atoms with Crippen molar-refractivity contribution in [3.05, 3.63) is 56.3 Å². The van der Waals surface area contributed by atoms with E-state index in [9.17, 15) is 19.5 Å². The second-order valence-electron chi connectivity index (χ2n) is 6.33. The Morgan fingerprint density at radius 3 is 2.89 bits per heavy atom. The Morgan fingerprint density at radius 1 is 1.37 bits per heavy atom. The fourth-order valence-corrected chi connectivity index (χ4v) is 4.25. The standard InChI is InChI=1S/C18H15N3O5S/c22-13(23)6-20-17(25)14-16(24)11-3-1-2-9-4-10(12-5-19-8-27-12)7-21(15(9)11)18(14)26/h1-3,5,8,10,24H,4,6-7H2,(H,20,25)(H,22,23). The molecule has 1 aromatic carbocycles. The number of rotatable bonds is 4. The summed E-state index contributed by atoms with van der Waals surface area (Å²) >= 11 is 1.50. The number of nitrogens with zero attached hydrogens (tertiary/aromatic N) is 2. The van der Waals surface area contributed by atoms with E-state index in [0.717, 1.165) is 10.4 Å². The minimum Gasteiger partial charge on any atom is -0.506 e. The van der Waals surface area contributed by atoms with Crippen LogP contribution in [0.15, 0.2) is 34.7 Å². The molecule has 3 heterocycles. The number of aliphatic carboxylic acids is 1. The zero-order valence-electron chi connectivity index (χ0n) is 14.0. The van der Waals surface area contributed by atoms with Gasteiger partial charge in [-0.2, -0.15) is 0 Å². The quantitative estimate of drug-likeness (QED) is 0.623. The van der Waals surface area contributed by atoms with Crippen LogP contribution in [0.25, 0.3) is 10.9 Å². The molecule has 27 heavy (non-hydrogen) atoms.